The monoisotopic (exact) mass is 266 g/mol. The van der Waals surface area contributed by atoms with Crippen LogP contribution in [0, 0.1) is 26.2 Å². The molecular weight excluding hydrogens is 252 g/mol. The molecule has 0 aliphatic rings. The van der Waals surface area contributed by atoms with Crippen molar-refractivity contribution in [2.45, 2.75) is 26.7 Å². The maximum atomic E-state index is 5.71. The molecule has 1 aromatic carbocycles. The van der Waals surface area contributed by atoms with Crippen molar-refractivity contribution in [1.82, 2.24) is 0 Å². The van der Waals surface area contributed by atoms with E-state index in [1.165, 1.54) is 0 Å². The summed E-state index contributed by atoms with van der Waals surface area (Å²) < 4.78 is 6.80. The number of unbranched alkanes of at least 4 members (excludes halogenated alkanes) is 1. The third kappa shape index (κ3) is 3.60. The molecule has 0 saturated heterocycles. The van der Waals surface area contributed by atoms with Crippen LogP contribution in [-0.2, 0) is 0 Å². The largest absolute Gasteiger partial charge is 0.493 e. The smallest absolute Gasteiger partial charge is 0.125 e. The molecule has 0 radical (unpaired) electrons. The standard InChI is InChI=1S/C13H15BrO/c1-4-5-6-7-15-13-10(2)8-12(14)9-11(13)3/h1,8-9H,5-7H2,2-3H3. The lowest BCUT2D eigenvalue weighted by Gasteiger charge is -2.12. The van der Waals surface area contributed by atoms with E-state index in [1.807, 2.05) is 13.8 Å². The summed E-state index contributed by atoms with van der Waals surface area (Å²) in [6.45, 7) is 4.79. The number of ether oxygens (including phenoxy) is 1. The Kier molecular flexibility index (Phi) is 4.71. The van der Waals surface area contributed by atoms with Gasteiger partial charge in [-0.3, -0.25) is 0 Å². The van der Waals surface area contributed by atoms with Crippen LogP contribution in [0.3, 0.4) is 0 Å². The first kappa shape index (κ1) is 12.1. The fourth-order valence-electron chi connectivity index (χ4n) is 1.47. The number of aryl methyl sites for hydroxylation is 2. The lowest BCUT2D eigenvalue weighted by atomic mass is 10.1. The second kappa shape index (κ2) is 5.82. The molecule has 0 N–H and O–H groups in total. The highest BCUT2D eigenvalue weighted by molar-refractivity contribution is 9.10. The minimum atomic E-state index is 0.688. The summed E-state index contributed by atoms with van der Waals surface area (Å²) in [6, 6.07) is 4.12. The predicted octanol–water partition coefficient (Wildman–Crippen LogP) is 3.86. The molecule has 2 heteroatoms. The van der Waals surface area contributed by atoms with Gasteiger partial charge in [-0.05, 0) is 43.5 Å². The fraction of sp³-hybridized carbons (Fsp3) is 0.385. The van der Waals surface area contributed by atoms with Gasteiger partial charge in [0.2, 0.25) is 0 Å². The molecule has 0 atom stereocenters. The summed E-state index contributed by atoms with van der Waals surface area (Å²) in [7, 11) is 0. The van der Waals surface area contributed by atoms with Crippen LogP contribution in [0.1, 0.15) is 24.0 Å². The number of halogens is 1. The molecule has 0 spiro atoms. The molecule has 0 aliphatic carbocycles. The molecule has 1 aromatic rings. The quantitative estimate of drug-likeness (QED) is 0.594. The van der Waals surface area contributed by atoms with Gasteiger partial charge in [0.05, 0.1) is 6.61 Å². The minimum absolute atomic E-state index is 0.688. The summed E-state index contributed by atoms with van der Waals surface area (Å²) in [4.78, 5) is 0. The lowest BCUT2D eigenvalue weighted by molar-refractivity contribution is 0.309. The highest BCUT2D eigenvalue weighted by Gasteiger charge is 2.04. The van der Waals surface area contributed by atoms with Crippen LogP contribution >= 0.6 is 15.9 Å². The molecule has 0 aliphatic heterocycles. The number of rotatable bonds is 4. The van der Waals surface area contributed by atoms with Crippen molar-refractivity contribution in [3.05, 3.63) is 27.7 Å². The molecule has 0 heterocycles. The Morgan fingerprint density at radius 2 is 1.93 bits per heavy atom. The molecule has 0 amide bonds. The summed E-state index contributed by atoms with van der Waals surface area (Å²) in [6.07, 6.45) is 6.86. The van der Waals surface area contributed by atoms with Gasteiger partial charge in [-0.2, -0.15) is 0 Å². The molecular formula is C13H15BrO. The van der Waals surface area contributed by atoms with Crippen molar-refractivity contribution in [2.24, 2.45) is 0 Å². The number of benzene rings is 1. The molecule has 0 unspecified atom stereocenters. The van der Waals surface area contributed by atoms with Crippen molar-refractivity contribution >= 4 is 15.9 Å². The number of hydrogen-bond acceptors (Lipinski definition) is 1. The van der Waals surface area contributed by atoms with Crippen LogP contribution in [-0.4, -0.2) is 6.61 Å². The Hall–Kier alpha value is -0.940. The predicted molar refractivity (Wildman–Crippen MR) is 67.2 cm³/mol. The maximum Gasteiger partial charge on any atom is 0.125 e. The molecule has 0 fully saturated rings. The topological polar surface area (TPSA) is 9.23 Å². The van der Waals surface area contributed by atoms with E-state index in [9.17, 15) is 0 Å². The average molecular weight is 267 g/mol. The Labute approximate surface area is 100.0 Å². The molecule has 1 nitrogen and oxygen atoms in total. The molecule has 0 aromatic heterocycles. The minimum Gasteiger partial charge on any atom is -0.493 e. The second-order valence-electron chi connectivity index (χ2n) is 3.52. The van der Waals surface area contributed by atoms with E-state index < -0.39 is 0 Å². The summed E-state index contributed by atoms with van der Waals surface area (Å²) >= 11 is 3.46. The van der Waals surface area contributed by atoms with Crippen molar-refractivity contribution in [1.29, 1.82) is 0 Å². The van der Waals surface area contributed by atoms with Crippen molar-refractivity contribution in [3.8, 4) is 18.1 Å². The van der Waals surface area contributed by atoms with Gasteiger partial charge in [-0.1, -0.05) is 15.9 Å². The number of terminal acetylenes is 1. The van der Waals surface area contributed by atoms with Crippen molar-refractivity contribution in [2.75, 3.05) is 6.61 Å². The Balaban J connectivity index is 2.65. The Morgan fingerprint density at radius 3 is 2.47 bits per heavy atom. The van der Waals surface area contributed by atoms with Gasteiger partial charge in [-0.15, -0.1) is 12.3 Å². The zero-order chi connectivity index (χ0) is 11.3. The normalized spacial score (nSPS) is 9.73. The highest BCUT2D eigenvalue weighted by atomic mass is 79.9. The van der Waals surface area contributed by atoms with Crippen LogP contribution in [0.4, 0.5) is 0 Å². The highest BCUT2D eigenvalue weighted by Crippen LogP contribution is 2.27. The zero-order valence-electron chi connectivity index (χ0n) is 9.14. The van der Waals surface area contributed by atoms with E-state index in [4.69, 9.17) is 11.2 Å². The molecule has 1 rings (SSSR count). The fourth-order valence-corrected chi connectivity index (χ4v) is 2.16. The Bertz CT molecular complexity index is 354. The van der Waals surface area contributed by atoms with Crippen molar-refractivity contribution in [3.63, 3.8) is 0 Å². The van der Waals surface area contributed by atoms with E-state index in [2.05, 4.69) is 34.0 Å². The van der Waals surface area contributed by atoms with E-state index in [1.54, 1.807) is 0 Å². The van der Waals surface area contributed by atoms with Gasteiger partial charge in [0.1, 0.15) is 5.75 Å². The second-order valence-corrected chi connectivity index (χ2v) is 4.44. The molecule has 80 valence electrons. The van der Waals surface area contributed by atoms with E-state index in [-0.39, 0.29) is 0 Å². The van der Waals surface area contributed by atoms with Gasteiger partial charge < -0.3 is 4.74 Å². The summed E-state index contributed by atoms with van der Waals surface area (Å²) in [5.41, 5.74) is 2.31. The first-order chi connectivity index (χ1) is 7.15. The van der Waals surface area contributed by atoms with Crippen LogP contribution < -0.4 is 4.74 Å². The first-order valence-corrected chi connectivity index (χ1v) is 5.77. The van der Waals surface area contributed by atoms with E-state index in [0.29, 0.717) is 6.61 Å². The average Bonchev–Trinajstić information content (AvgIpc) is 2.15. The molecule has 15 heavy (non-hydrogen) atoms. The van der Waals surface area contributed by atoms with Crippen LogP contribution in [0.15, 0.2) is 16.6 Å². The van der Waals surface area contributed by atoms with Gasteiger partial charge in [0, 0.05) is 10.9 Å². The third-order valence-electron chi connectivity index (χ3n) is 2.14. The first-order valence-electron chi connectivity index (χ1n) is 4.98. The van der Waals surface area contributed by atoms with Gasteiger partial charge in [0.15, 0.2) is 0 Å². The summed E-state index contributed by atoms with van der Waals surface area (Å²) in [5, 5.41) is 0. The van der Waals surface area contributed by atoms with Crippen LogP contribution in [0.2, 0.25) is 0 Å². The lowest BCUT2D eigenvalue weighted by Crippen LogP contribution is -2.00. The van der Waals surface area contributed by atoms with Gasteiger partial charge in [-0.25, -0.2) is 0 Å². The van der Waals surface area contributed by atoms with Crippen molar-refractivity contribution < 1.29 is 4.74 Å². The molecule has 0 saturated carbocycles. The maximum absolute atomic E-state index is 5.71. The number of hydrogen-bond donors (Lipinski definition) is 0. The zero-order valence-corrected chi connectivity index (χ0v) is 10.7. The van der Waals surface area contributed by atoms with Gasteiger partial charge in [0.25, 0.3) is 0 Å². The Morgan fingerprint density at radius 1 is 1.33 bits per heavy atom. The SMILES string of the molecule is C#CCCCOc1c(C)cc(Br)cc1C. The molecule has 0 bridgehead atoms. The third-order valence-corrected chi connectivity index (χ3v) is 2.59. The van der Waals surface area contributed by atoms with Crippen LogP contribution in [0.25, 0.3) is 0 Å². The van der Waals surface area contributed by atoms with Gasteiger partial charge >= 0.3 is 0 Å². The van der Waals surface area contributed by atoms with Crippen LogP contribution in [0.5, 0.6) is 5.75 Å². The van der Waals surface area contributed by atoms with E-state index >= 15 is 0 Å². The van der Waals surface area contributed by atoms with E-state index in [0.717, 1.165) is 34.2 Å². The summed E-state index contributed by atoms with van der Waals surface area (Å²) in [5.74, 6) is 3.59.